The Hall–Kier alpha value is -6.34. The monoisotopic (exact) mass is 888 g/mol. The molecule has 8 heterocycles. The van der Waals surface area contributed by atoms with E-state index in [-0.39, 0.29) is 39.3 Å². The molecule has 18 heteroatoms. The van der Waals surface area contributed by atoms with Crippen LogP contribution in [0.2, 0.25) is 0 Å². The highest BCUT2D eigenvalue weighted by atomic mass is 16.5. The number of ketones is 2. The molecule has 0 radical (unpaired) electrons. The third kappa shape index (κ3) is 6.67. The summed E-state index contributed by atoms with van der Waals surface area (Å²) in [6.07, 6.45) is 6.61. The van der Waals surface area contributed by atoms with Crippen molar-refractivity contribution in [2.75, 3.05) is 81.8 Å². The average Bonchev–Trinajstić information content (AvgIpc) is 3.33. The van der Waals surface area contributed by atoms with Crippen LogP contribution in [-0.4, -0.2) is 157 Å². The molecule has 4 aromatic rings. The predicted octanol–water partition coefficient (Wildman–Crippen LogP) is 2.22. The molecule has 8 atom stereocenters. The lowest BCUT2D eigenvalue weighted by Crippen LogP contribution is -2.76. The zero-order valence-corrected chi connectivity index (χ0v) is 37.2. The van der Waals surface area contributed by atoms with E-state index in [1.54, 1.807) is 112 Å². The number of carbonyl (C=O) groups excluding carboxylic acids is 6. The van der Waals surface area contributed by atoms with Crippen LogP contribution in [0.1, 0.15) is 53.4 Å². The average molecular weight is 889 g/mol. The van der Waals surface area contributed by atoms with Gasteiger partial charge in [0, 0.05) is 51.0 Å². The molecule has 4 aliphatic rings. The molecule has 4 aliphatic heterocycles. The van der Waals surface area contributed by atoms with E-state index in [0.29, 0.717) is 29.2 Å². The van der Waals surface area contributed by atoms with Crippen molar-refractivity contribution in [3.63, 3.8) is 0 Å². The van der Waals surface area contributed by atoms with Crippen LogP contribution in [0.5, 0.6) is 0 Å². The summed E-state index contributed by atoms with van der Waals surface area (Å²) in [5.74, 6) is -4.66. The molecule has 8 rings (SSSR count). The molecular formula is C47H52N8O10. The number of ether oxygens (including phenoxy) is 4. The Morgan fingerprint density at radius 2 is 0.723 bits per heavy atom. The molecule has 4 aromatic heterocycles. The van der Waals surface area contributed by atoms with Crippen LogP contribution in [-0.2, 0) is 47.7 Å². The van der Waals surface area contributed by atoms with E-state index < -0.39 is 81.3 Å². The molecule has 4 fully saturated rings. The minimum atomic E-state index is -1.97. The van der Waals surface area contributed by atoms with Crippen LogP contribution in [0.25, 0.3) is 0 Å². The number of rotatable bonds is 12. The summed E-state index contributed by atoms with van der Waals surface area (Å²) in [6, 6.07) is 16.9. The van der Waals surface area contributed by atoms with Crippen LogP contribution < -0.4 is 0 Å². The quantitative estimate of drug-likeness (QED) is 0.114. The molecule has 4 bridgehead atoms. The van der Waals surface area contributed by atoms with Crippen molar-refractivity contribution in [1.82, 2.24) is 39.5 Å². The van der Waals surface area contributed by atoms with Gasteiger partial charge in [-0.05, 0) is 82.1 Å². The third-order valence-corrected chi connectivity index (χ3v) is 14.0. The van der Waals surface area contributed by atoms with Gasteiger partial charge in [-0.3, -0.25) is 68.3 Å². The van der Waals surface area contributed by atoms with Gasteiger partial charge >= 0.3 is 23.9 Å². The van der Waals surface area contributed by atoms with Gasteiger partial charge in [-0.25, -0.2) is 0 Å². The number of hydrogen-bond donors (Lipinski definition) is 0. The Morgan fingerprint density at radius 3 is 0.923 bits per heavy atom. The minimum Gasteiger partial charge on any atom is -0.468 e. The third-order valence-electron chi connectivity index (χ3n) is 14.0. The summed E-state index contributed by atoms with van der Waals surface area (Å²) in [6.45, 7) is -0.198. The summed E-state index contributed by atoms with van der Waals surface area (Å²) < 4.78 is 21.9. The highest BCUT2D eigenvalue weighted by molar-refractivity contribution is 6.18. The molecular weight excluding hydrogens is 837 g/mol. The van der Waals surface area contributed by atoms with Crippen molar-refractivity contribution >= 4 is 35.4 Å². The van der Waals surface area contributed by atoms with Crippen LogP contribution in [0, 0.1) is 21.7 Å². The predicted molar refractivity (Wildman–Crippen MR) is 229 cm³/mol. The maximum atomic E-state index is 15.5. The van der Waals surface area contributed by atoms with Gasteiger partial charge in [0.1, 0.15) is 0 Å². The SMILES string of the molecule is COC(=O)C12CN(CCCN3CC4(C(=O)OC)C(=O)C(C(=O)OC)(C3)C(c3ccccn3)N(C)C4c3ccccn3)CC(C(=O)OC)(C1=O)C(c1ccccn1)N(C)C2c1ccccn1. The van der Waals surface area contributed by atoms with Crippen LogP contribution >= 0.6 is 0 Å². The summed E-state index contributed by atoms with van der Waals surface area (Å²) in [7, 11) is 8.32. The van der Waals surface area contributed by atoms with E-state index in [1.807, 2.05) is 19.6 Å². The van der Waals surface area contributed by atoms with Crippen LogP contribution in [0.4, 0.5) is 0 Å². The number of pyridine rings is 4. The Balaban J connectivity index is 1.22. The van der Waals surface area contributed by atoms with Crippen LogP contribution in [0.15, 0.2) is 97.6 Å². The first-order chi connectivity index (χ1) is 31.3. The number of piperidine rings is 4. The number of aromatic nitrogens is 4. The molecule has 0 aliphatic carbocycles. The van der Waals surface area contributed by atoms with Crippen molar-refractivity contribution in [3.8, 4) is 0 Å². The number of nitrogens with zero attached hydrogens (tertiary/aromatic N) is 8. The highest BCUT2D eigenvalue weighted by Crippen LogP contribution is 2.62. The van der Waals surface area contributed by atoms with Crippen molar-refractivity contribution in [3.05, 3.63) is 120 Å². The number of Topliss-reactive ketones (excluding diaryl/α,β-unsaturated/α-hetero) is 2. The van der Waals surface area contributed by atoms with Crippen molar-refractivity contribution in [2.45, 2.75) is 30.6 Å². The molecule has 0 spiro atoms. The molecule has 4 saturated heterocycles. The fraction of sp³-hybridized carbons (Fsp3) is 0.447. The molecule has 65 heavy (non-hydrogen) atoms. The van der Waals surface area contributed by atoms with E-state index >= 15 is 9.59 Å². The lowest BCUT2D eigenvalue weighted by molar-refractivity contribution is -0.204. The summed E-state index contributed by atoms with van der Waals surface area (Å²) in [4.78, 5) is 115. The van der Waals surface area contributed by atoms with Gasteiger partial charge in [-0.15, -0.1) is 0 Å². The molecule has 0 saturated carbocycles. The molecule has 0 aromatic carbocycles. The smallest absolute Gasteiger partial charge is 0.322 e. The number of methoxy groups -OCH3 is 4. The second-order valence-electron chi connectivity index (χ2n) is 17.2. The van der Waals surface area contributed by atoms with Gasteiger partial charge in [0.2, 0.25) is 0 Å². The topological polar surface area (TPSA) is 204 Å². The first kappa shape index (κ1) is 45.2. The highest BCUT2D eigenvalue weighted by Gasteiger charge is 2.77. The summed E-state index contributed by atoms with van der Waals surface area (Å²) in [5, 5.41) is 0. The van der Waals surface area contributed by atoms with E-state index in [1.165, 1.54) is 28.4 Å². The van der Waals surface area contributed by atoms with Crippen molar-refractivity contribution in [1.29, 1.82) is 0 Å². The Bertz CT molecular complexity index is 2130. The largest absolute Gasteiger partial charge is 0.468 e. The van der Waals surface area contributed by atoms with Crippen molar-refractivity contribution in [2.24, 2.45) is 21.7 Å². The Labute approximate surface area is 376 Å². The lowest BCUT2D eigenvalue weighted by atomic mass is 9.54. The molecule has 340 valence electrons. The standard InChI is InChI=1S/C47H52N8O10/c1-52-34(30-16-7-11-20-48-30)44(40(58)62-3)26-54(27-45(38(44)56,41(59)63-4)35(52)31-17-8-12-21-49-31)24-15-25-55-28-46(42(60)64-5)36(32-18-9-13-22-50-32)53(2)37(33-19-10-14-23-51-33)47(29-55,39(46)57)43(61)65-6/h7-14,16-23,34-37H,15,24-29H2,1-6H3. The second-order valence-corrected chi connectivity index (χ2v) is 17.2. The minimum absolute atomic E-state index is 0.150. The van der Waals surface area contributed by atoms with E-state index in [0.717, 1.165) is 0 Å². The maximum Gasteiger partial charge on any atom is 0.322 e. The fourth-order valence-corrected chi connectivity index (χ4v) is 11.8. The second kappa shape index (κ2) is 17.6. The maximum absolute atomic E-state index is 15.5. The van der Waals surface area contributed by atoms with Gasteiger partial charge < -0.3 is 18.9 Å². The number of esters is 4. The van der Waals surface area contributed by atoms with Gasteiger partial charge in [0.25, 0.3) is 0 Å². The fourth-order valence-electron chi connectivity index (χ4n) is 11.8. The molecule has 0 N–H and O–H groups in total. The van der Waals surface area contributed by atoms with Gasteiger partial charge in [-0.2, -0.15) is 0 Å². The zero-order valence-electron chi connectivity index (χ0n) is 37.2. The van der Waals surface area contributed by atoms with Gasteiger partial charge in [-0.1, -0.05) is 24.3 Å². The summed E-state index contributed by atoms with van der Waals surface area (Å²) in [5.41, 5.74) is -6.22. The van der Waals surface area contributed by atoms with E-state index in [9.17, 15) is 19.2 Å². The first-order valence-corrected chi connectivity index (χ1v) is 21.3. The number of likely N-dealkylation sites (tertiary alicyclic amines) is 4. The molecule has 8 unspecified atom stereocenters. The number of hydrogen-bond acceptors (Lipinski definition) is 18. The zero-order chi connectivity index (χ0) is 46.3. The Morgan fingerprint density at radius 1 is 0.477 bits per heavy atom. The Kier molecular flexibility index (Phi) is 12.2. The van der Waals surface area contributed by atoms with E-state index in [4.69, 9.17) is 18.9 Å². The molecule has 18 nitrogen and oxygen atoms in total. The van der Waals surface area contributed by atoms with Crippen molar-refractivity contribution < 1.29 is 47.7 Å². The first-order valence-electron chi connectivity index (χ1n) is 21.3. The van der Waals surface area contributed by atoms with Gasteiger partial charge in [0.05, 0.1) is 75.4 Å². The normalized spacial score (nSPS) is 30.6. The van der Waals surface area contributed by atoms with Crippen LogP contribution in [0.3, 0.4) is 0 Å². The van der Waals surface area contributed by atoms with E-state index in [2.05, 4.69) is 19.9 Å². The van der Waals surface area contributed by atoms with Gasteiger partial charge in [0.15, 0.2) is 33.2 Å². The lowest BCUT2D eigenvalue weighted by Gasteiger charge is -2.61. The number of carbonyl (C=O) groups is 6. The molecule has 0 amide bonds. The number of fused-ring (bicyclic) bond motifs is 4. The summed E-state index contributed by atoms with van der Waals surface area (Å²) >= 11 is 0.